The summed E-state index contributed by atoms with van der Waals surface area (Å²) in [6.07, 6.45) is 13.7. The van der Waals surface area contributed by atoms with Crippen LogP contribution in [0.3, 0.4) is 0 Å². The molecule has 0 saturated heterocycles. The SMILES string of the molecule is Clc1ccc(-n2cc(/C=C/C=C/C=C/c3ccccc3)nn2)cc1. The molecule has 4 heteroatoms. The summed E-state index contributed by atoms with van der Waals surface area (Å²) in [6, 6.07) is 17.6. The van der Waals surface area contributed by atoms with Crippen LogP contribution in [0.15, 0.2) is 85.1 Å². The first-order valence-corrected chi connectivity index (χ1v) is 7.94. The summed E-state index contributed by atoms with van der Waals surface area (Å²) in [7, 11) is 0. The number of aromatic nitrogens is 3. The molecule has 0 amide bonds. The van der Waals surface area contributed by atoms with Gasteiger partial charge in [0, 0.05) is 5.02 Å². The van der Waals surface area contributed by atoms with Crippen molar-refractivity contribution in [3.63, 3.8) is 0 Å². The van der Waals surface area contributed by atoms with Crippen molar-refractivity contribution in [1.29, 1.82) is 0 Å². The Kier molecular flexibility index (Phi) is 5.38. The molecule has 0 aliphatic heterocycles. The smallest absolute Gasteiger partial charge is 0.106 e. The van der Waals surface area contributed by atoms with Crippen LogP contribution < -0.4 is 0 Å². The quantitative estimate of drug-likeness (QED) is 0.600. The molecular formula is C20H16ClN3. The lowest BCUT2D eigenvalue weighted by molar-refractivity contribution is 0.802. The summed E-state index contributed by atoms with van der Waals surface area (Å²) < 4.78 is 1.72. The molecule has 3 nitrogen and oxygen atoms in total. The highest BCUT2D eigenvalue weighted by molar-refractivity contribution is 6.30. The molecule has 0 unspecified atom stereocenters. The van der Waals surface area contributed by atoms with E-state index in [1.165, 1.54) is 5.56 Å². The molecule has 2 aromatic carbocycles. The Morgan fingerprint density at radius 2 is 1.50 bits per heavy atom. The van der Waals surface area contributed by atoms with Crippen molar-refractivity contribution < 1.29 is 0 Å². The van der Waals surface area contributed by atoms with Gasteiger partial charge in [0.15, 0.2) is 0 Å². The molecule has 0 spiro atoms. The van der Waals surface area contributed by atoms with Crippen LogP contribution in [-0.4, -0.2) is 15.0 Å². The Hall–Kier alpha value is -2.91. The largest absolute Gasteiger partial charge is 0.220 e. The van der Waals surface area contributed by atoms with E-state index in [0.717, 1.165) is 11.4 Å². The van der Waals surface area contributed by atoms with Crippen LogP contribution in [0.4, 0.5) is 0 Å². The average Bonchev–Trinajstić information content (AvgIpc) is 3.08. The van der Waals surface area contributed by atoms with Gasteiger partial charge in [-0.3, -0.25) is 0 Å². The topological polar surface area (TPSA) is 30.7 Å². The Balaban J connectivity index is 1.58. The normalized spacial score (nSPS) is 11.9. The van der Waals surface area contributed by atoms with Gasteiger partial charge in [-0.2, -0.15) is 0 Å². The summed E-state index contributed by atoms with van der Waals surface area (Å²) in [5.41, 5.74) is 2.89. The zero-order valence-electron chi connectivity index (χ0n) is 13.0. The lowest BCUT2D eigenvalue weighted by Gasteiger charge is -1.98. The van der Waals surface area contributed by atoms with Gasteiger partial charge in [0.2, 0.25) is 0 Å². The van der Waals surface area contributed by atoms with Crippen molar-refractivity contribution in [3.8, 4) is 5.69 Å². The van der Waals surface area contributed by atoms with E-state index in [-0.39, 0.29) is 0 Å². The molecule has 118 valence electrons. The first-order chi connectivity index (χ1) is 11.8. The molecule has 0 fully saturated rings. The minimum absolute atomic E-state index is 0.702. The maximum Gasteiger partial charge on any atom is 0.106 e. The van der Waals surface area contributed by atoms with Crippen molar-refractivity contribution in [2.24, 2.45) is 0 Å². The maximum absolute atomic E-state index is 5.88. The van der Waals surface area contributed by atoms with Crippen LogP contribution in [0.1, 0.15) is 11.3 Å². The van der Waals surface area contributed by atoms with Gasteiger partial charge in [0.1, 0.15) is 5.69 Å². The molecule has 3 aromatic rings. The van der Waals surface area contributed by atoms with Crippen molar-refractivity contribution in [3.05, 3.63) is 101 Å². The van der Waals surface area contributed by atoms with Crippen LogP contribution >= 0.6 is 11.6 Å². The predicted octanol–water partition coefficient (Wildman–Crippen LogP) is 5.20. The van der Waals surface area contributed by atoms with Gasteiger partial charge in [-0.25, -0.2) is 4.68 Å². The molecular weight excluding hydrogens is 318 g/mol. The van der Waals surface area contributed by atoms with Crippen LogP contribution in [0.25, 0.3) is 17.8 Å². The molecule has 24 heavy (non-hydrogen) atoms. The summed E-state index contributed by atoms with van der Waals surface area (Å²) >= 11 is 5.88. The summed E-state index contributed by atoms with van der Waals surface area (Å²) in [6.45, 7) is 0. The Morgan fingerprint density at radius 3 is 2.25 bits per heavy atom. The second kappa shape index (κ2) is 8.09. The molecule has 0 aliphatic carbocycles. The fourth-order valence-electron chi connectivity index (χ4n) is 2.09. The van der Waals surface area contributed by atoms with E-state index >= 15 is 0 Å². The summed E-state index contributed by atoms with van der Waals surface area (Å²) in [4.78, 5) is 0. The van der Waals surface area contributed by atoms with E-state index in [1.54, 1.807) is 4.68 Å². The molecule has 0 aliphatic rings. The number of rotatable bonds is 5. The molecule has 3 rings (SSSR count). The van der Waals surface area contributed by atoms with Gasteiger partial charge in [0.05, 0.1) is 11.9 Å². The van der Waals surface area contributed by atoms with Gasteiger partial charge >= 0.3 is 0 Å². The minimum Gasteiger partial charge on any atom is -0.220 e. The van der Waals surface area contributed by atoms with Gasteiger partial charge in [-0.05, 0) is 35.9 Å². The number of benzene rings is 2. The third-order valence-electron chi connectivity index (χ3n) is 3.29. The molecule has 0 N–H and O–H groups in total. The van der Waals surface area contributed by atoms with Crippen LogP contribution in [-0.2, 0) is 0 Å². The average molecular weight is 334 g/mol. The Bertz CT molecular complexity index is 859. The van der Waals surface area contributed by atoms with Crippen molar-refractivity contribution in [1.82, 2.24) is 15.0 Å². The number of nitrogens with zero attached hydrogens (tertiary/aromatic N) is 3. The zero-order valence-corrected chi connectivity index (χ0v) is 13.7. The number of halogens is 1. The first-order valence-electron chi connectivity index (χ1n) is 7.56. The fourth-order valence-corrected chi connectivity index (χ4v) is 2.21. The second-order valence-electron chi connectivity index (χ2n) is 5.08. The molecule has 0 radical (unpaired) electrons. The van der Waals surface area contributed by atoms with Crippen LogP contribution in [0.5, 0.6) is 0 Å². The fraction of sp³-hybridized carbons (Fsp3) is 0. The van der Waals surface area contributed by atoms with Crippen molar-refractivity contribution >= 4 is 23.8 Å². The van der Waals surface area contributed by atoms with Gasteiger partial charge in [-0.1, -0.05) is 77.5 Å². The molecule has 0 saturated carbocycles. The first kappa shape index (κ1) is 16.0. The lowest BCUT2D eigenvalue weighted by Crippen LogP contribution is -1.93. The van der Waals surface area contributed by atoms with Crippen molar-refractivity contribution in [2.75, 3.05) is 0 Å². The van der Waals surface area contributed by atoms with Crippen LogP contribution in [0.2, 0.25) is 5.02 Å². The highest BCUT2D eigenvalue weighted by Crippen LogP contribution is 2.13. The van der Waals surface area contributed by atoms with E-state index in [9.17, 15) is 0 Å². The lowest BCUT2D eigenvalue weighted by atomic mass is 10.2. The van der Waals surface area contributed by atoms with Gasteiger partial charge < -0.3 is 0 Å². The van der Waals surface area contributed by atoms with Crippen LogP contribution in [0, 0.1) is 0 Å². The number of allylic oxidation sites excluding steroid dienone is 4. The minimum atomic E-state index is 0.702. The highest BCUT2D eigenvalue weighted by atomic mass is 35.5. The third-order valence-corrected chi connectivity index (χ3v) is 3.54. The van der Waals surface area contributed by atoms with E-state index in [1.807, 2.05) is 79.0 Å². The number of hydrogen-bond donors (Lipinski definition) is 0. The molecule has 0 atom stereocenters. The molecule has 0 bridgehead atoms. The monoisotopic (exact) mass is 333 g/mol. The van der Waals surface area contributed by atoms with E-state index < -0.39 is 0 Å². The molecule has 1 heterocycles. The Morgan fingerprint density at radius 1 is 0.792 bits per heavy atom. The molecule has 1 aromatic heterocycles. The van der Waals surface area contributed by atoms with E-state index in [0.29, 0.717) is 5.02 Å². The van der Waals surface area contributed by atoms with Gasteiger partial charge in [0.25, 0.3) is 0 Å². The second-order valence-corrected chi connectivity index (χ2v) is 5.51. The highest BCUT2D eigenvalue weighted by Gasteiger charge is 1.99. The number of hydrogen-bond acceptors (Lipinski definition) is 2. The standard InChI is InChI=1S/C20H16ClN3/c21-18-12-14-20(15-13-18)24-16-19(22-23-24)11-7-2-1-4-8-17-9-5-3-6-10-17/h1-16H/b2-1+,8-4+,11-7+. The van der Waals surface area contributed by atoms with E-state index in [2.05, 4.69) is 28.5 Å². The summed E-state index contributed by atoms with van der Waals surface area (Å²) in [5.74, 6) is 0. The maximum atomic E-state index is 5.88. The summed E-state index contributed by atoms with van der Waals surface area (Å²) in [5, 5.41) is 8.93. The third kappa shape index (κ3) is 4.54. The van der Waals surface area contributed by atoms with Gasteiger partial charge in [-0.15, -0.1) is 5.10 Å². The zero-order chi connectivity index (χ0) is 16.6. The Labute approximate surface area is 146 Å². The van der Waals surface area contributed by atoms with Crippen molar-refractivity contribution in [2.45, 2.75) is 0 Å². The van der Waals surface area contributed by atoms with E-state index in [4.69, 9.17) is 11.6 Å². The predicted molar refractivity (Wildman–Crippen MR) is 100 cm³/mol.